The Morgan fingerprint density at radius 3 is 2.55 bits per heavy atom. The fourth-order valence-electron chi connectivity index (χ4n) is 2.02. The minimum absolute atomic E-state index is 0.195. The number of aromatic nitrogens is 1. The van der Waals surface area contributed by atoms with Gasteiger partial charge in [0.1, 0.15) is 6.04 Å². The van der Waals surface area contributed by atoms with Crippen LogP contribution >= 0.6 is 0 Å². The van der Waals surface area contributed by atoms with Crippen molar-refractivity contribution in [1.29, 1.82) is 0 Å². The number of nitrogens with zero attached hydrogens (tertiary/aromatic N) is 1. The number of hydrogen-bond acceptors (Lipinski definition) is 3. The van der Waals surface area contributed by atoms with Crippen LogP contribution in [0.15, 0.2) is 36.5 Å². The molecule has 2 aromatic rings. The van der Waals surface area contributed by atoms with Crippen LogP contribution in [0.2, 0.25) is 0 Å². The molecule has 5 heteroatoms. The molecule has 0 saturated carbocycles. The van der Waals surface area contributed by atoms with Crippen molar-refractivity contribution in [2.45, 2.75) is 19.9 Å². The second-order valence-electron chi connectivity index (χ2n) is 4.91. The number of rotatable bonds is 4. The highest BCUT2D eigenvalue weighted by atomic mass is 16.4. The van der Waals surface area contributed by atoms with Gasteiger partial charge in [0.2, 0.25) is 0 Å². The Labute approximate surface area is 116 Å². The van der Waals surface area contributed by atoms with Crippen molar-refractivity contribution in [3.8, 4) is 0 Å². The largest absolute Gasteiger partial charge is 0.480 e. The van der Waals surface area contributed by atoms with Crippen molar-refractivity contribution in [3.05, 3.63) is 42.1 Å². The van der Waals surface area contributed by atoms with Gasteiger partial charge in [0.15, 0.2) is 0 Å². The van der Waals surface area contributed by atoms with E-state index < -0.39 is 17.9 Å². The molecule has 0 unspecified atom stereocenters. The number of carbonyl (C=O) groups excluding carboxylic acids is 1. The van der Waals surface area contributed by atoms with E-state index in [-0.39, 0.29) is 5.92 Å². The van der Waals surface area contributed by atoms with E-state index in [0.29, 0.717) is 11.1 Å². The predicted molar refractivity (Wildman–Crippen MR) is 75.5 cm³/mol. The summed E-state index contributed by atoms with van der Waals surface area (Å²) in [6.07, 6.45) is 1.61. The molecule has 0 aliphatic carbocycles. The third-order valence-electron chi connectivity index (χ3n) is 3.10. The van der Waals surface area contributed by atoms with Crippen LogP contribution in [-0.2, 0) is 4.79 Å². The number of aliphatic carboxylic acids is 1. The first-order valence-corrected chi connectivity index (χ1v) is 6.38. The molecular formula is C15H16N2O3. The van der Waals surface area contributed by atoms with E-state index >= 15 is 0 Å². The van der Waals surface area contributed by atoms with Gasteiger partial charge in [0, 0.05) is 11.6 Å². The summed E-state index contributed by atoms with van der Waals surface area (Å²) >= 11 is 0. The average Bonchev–Trinajstić information content (AvgIpc) is 2.43. The van der Waals surface area contributed by atoms with Crippen LogP contribution in [0, 0.1) is 5.92 Å². The van der Waals surface area contributed by atoms with Gasteiger partial charge in [0.25, 0.3) is 5.91 Å². The molecule has 1 atom stereocenters. The Bertz CT molecular complexity index is 647. The molecule has 0 aliphatic rings. The number of amides is 1. The molecule has 0 fully saturated rings. The Hall–Kier alpha value is -2.43. The van der Waals surface area contributed by atoms with Crippen LogP contribution in [0.5, 0.6) is 0 Å². The van der Waals surface area contributed by atoms with Gasteiger partial charge in [-0.05, 0) is 18.1 Å². The Morgan fingerprint density at radius 2 is 1.90 bits per heavy atom. The number of benzene rings is 1. The van der Waals surface area contributed by atoms with E-state index in [1.807, 2.05) is 12.1 Å². The van der Waals surface area contributed by atoms with E-state index in [0.717, 1.165) is 5.39 Å². The zero-order valence-corrected chi connectivity index (χ0v) is 11.3. The summed E-state index contributed by atoms with van der Waals surface area (Å²) in [5.74, 6) is -1.66. The zero-order chi connectivity index (χ0) is 14.7. The van der Waals surface area contributed by atoms with E-state index in [2.05, 4.69) is 10.3 Å². The molecule has 104 valence electrons. The standard InChI is InChI=1S/C15H16N2O3/c1-9(2)12(15(19)20)17-14(18)11-7-3-5-10-6-4-8-16-13(10)11/h3-9,12H,1-2H3,(H,17,18)(H,19,20)/t12-/m0/s1. The van der Waals surface area contributed by atoms with Crippen LogP contribution < -0.4 is 5.32 Å². The molecule has 20 heavy (non-hydrogen) atoms. The van der Waals surface area contributed by atoms with Gasteiger partial charge in [-0.1, -0.05) is 32.0 Å². The maximum absolute atomic E-state index is 12.3. The van der Waals surface area contributed by atoms with Crippen LogP contribution in [0.4, 0.5) is 0 Å². The number of nitrogens with one attached hydrogen (secondary N) is 1. The van der Waals surface area contributed by atoms with Crippen molar-refractivity contribution in [2.75, 3.05) is 0 Å². The van der Waals surface area contributed by atoms with Gasteiger partial charge in [-0.15, -0.1) is 0 Å². The molecule has 1 amide bonds. The van der Waals surface area contributed by atoms with Gasteiger partial charge in [-0.2, -0.15) is 0 Å². The van der Waals surface area contributed by atoms with Crippen molar-refractivity contribution in [3.63, 3.8) is 0 Å². The molecule has 5 nitrogen and oxygen atoms in total. The number of carboxylic acids is 1. The minimum Gasteiger partial charge on any atom is -0.480 e. The number of carboxylic acid groups (broad SMARTS) is 1. The van der Waals surface area contributed by atoms with Crippen LogP contribution in [0.3, 0.4) is 0 Å². The molecule has 1 aromatic heterocycles. The molecule has 0 radical (unpaired) electrons. The quantitative estimate of drug-likeness (QED) is 0.893. The Balaban J connectivity index is 2.34. The highest BCUT2D eigenvalue weighted by Gasteiger charge is 2.24. The molecule has 0 bridgehead atoms. The van der Waals surface area contributed by atoms with Gasteiger partial charge >= 0.3 is 5.97 Å². The average molecular weight is 272 g/mol. The molecule has 0 aliphatic heterocycles. The molecular weight excluding hydrogens is 256 g/mol. The van der Waals surface area contributed by atoms with E-state index in [1.54, 1.807) is 38.2 Å². The van der Waals surface area contributed by atoms with Gasteiger partial charge in [-0.25, -0.2) is 4.79 Å². The molecule has 1 heterocycles. The van der Waals surface area contributed by atoms with Crippen LogP contribution in [-0.4, -0.2) is 28.0 Å². The highest BCUT2D eigenvalue weighted by Crippen LogP contribution is 2.16. The second-order valence-corrected chi connectivity index (χ2v) is 4.91. The van der Waals surface area contributed by atoms with Crippen molar-refractivity contribution >= 4 is 22.8 Å². The third kappa shape index (κ3) is 2.77. The Morgan fingerprint density at radius 1 is 1.20 bits per heavy atom. The van der Waals surface area contributed by atoms with Gasteiger partial charge in [0.05, 0.1) is 11.1 Å². The summed E-state index contributed by atoms with van der Waals surface area (Å²) in [6.45, 7) is 3.50. The maximum Gasteiger partial charge on any atom is 0.326 e. The number of carbonyl (C=O) groups is 2. The SMILES string of the molecule is CC(C)[C@H](NC(=O)c1cccc2cccnc12)C(=O)O. The lowest BCUT2D eigenvalue weighted by atomic mass is 10.0. The smallest absolute Gasteiger partial charge is 0.326 e. The van der Waals surface area contributed by atoms with Crippen LogP contribution in [0.25, 0.3) is 10.9 Å². The first-order chi connectivity index (χ1) is 9.50. The van der Waals surface area contributed by atoms with E-state index in [1.165, 1.54) is 0 Å². The minimum atomic E-state index is -1.04. The predicted octanol–water partition coefficient (Wildman–Crippen LogP) is 2.07. The second kappa shape index (κ2) is 5.69. The fourth-order valence-corrected chi connectivity index (χ4v) is 2.02. The number of pyridine rings is 1. The molecule has 0 spiro atoms. The molecule has 0 saturated heterocycles. The van der Waals surface area contributed by atoms with Crippen molar-refractivity contribution in [2.24, 2.45) is 5.92 Å². The first kappa shape index (κ1) is 14.0. The van der Waals surface area contributed by atoms with E-state index in [9.17, 15) is 9.59 Å². The van der Waals surface area contributed by atoms with Crippen molar-refractivity contribution < 1.29 is 14.7 Å². The summed E-state index contributed by atoms with van der Waals surface area (Å²) in [6, 6.07) is 7.99. The summed E-state index contributed by atoms with van der Waals surface area (Å²) in [7, 11) is 0. The van der Waals surface area contributed by atoms with Gasteiger partial charge in [-0.3, -0.25) is 9.78 Å². The lowest BCUT2D eigenvalue weighted by Gasteiger charge is -2.18. The lowest BCUT2D eigenvalue weighted by molar-refractivity contribution is -0.140. The summed E-state index contributed by atoms with van der Waals surface area (Å²) in [5.41, 5.74) is 0.954. The summed E-state index contributed by atoms with van der Waals surface area (Å²) < 4.78 is 0. The normalized spacial score (nSPS) is 12.3. The first-order valence-electron chi connectivity index (χ1n) is 6.38. The molecule has 2 N–H and O–H groups in total. The monoisotopic (exact) mass is 272 g/mol. The molecule has 2 rings (SSSR count). The topological polar surface area (TPSA) is 79.3 Å². The summed E-state index contributed by atoms with van der Waals surface area (Å²) in [5, 5.41) is 12.5. The van der Waals surface area contributed by atoms with E-state index in [4.69, 9.17) is 5.11 Å². The highest BCUT2D eigenvalue weighted by molar-refractivity contribution is 6.06. The lowest BCUT2D eigenvalue weighted by Crippen LogP contribution is -2.44. The zero-order valence-electron chi connectivity index (χ0n) is 11.3. The molecule has 1 aromatic carbocycles. The maximum atomic E-state index is 12.3. The number of para-hydroxylation sites is 1. The van der Waals surface area contributed by atoms with Crippen molar-refractivity contribution in [1.82, 2.24) is 10.3 Å². The van der Waals surface area contributed by atoms with Crippen LogP contribution in [0.1, 0.15) is 24.2 Å². The third-order valence-corrected chi connectivity index (χ3v) is 3.10. The van der Waals surface area contributed by atoms with Gasteiger partial charge < -0.3 is 10.4 Å². The number of fused-ring (bicyclic) bond motifs is 1. The number of hydrogen-bond donors (Lipinski definition) is 2. The summed E-state index contributed by atoms with van der Waals surface area (Å²) in [4.78, 5) is 27.6. The fraction of sp³-hybridized carbons (Fsp3) is 0.267. The Kier molecular flexibility index (Phi) is 3.98.